The standard InChI is InChI=1S/C32H23NO/c1-33-21-22-10-12-26(13-11-22)28-8-5-9-31-32(28)29-20-27(18-19-30(29)34-31)25-16-14-24(15-17-25)23-6-3-2-4-7-23/h2-20H,1,21H2. The van der Waals surface area contributed by atoms with Crippen molar-refractivity contribution in [2.45, 2.75) is 6.54 Å². The predicted molar refractivity (Wildman–Crippen MR) is 143 cm³/mol. The van der Waals surface area contributed by atoms with Gasteiger partial charge in [0.15, 0.2) is 0 Å². The van der Waals surface area contributed by atoms with Crippen LogP contribution < -0.4 is 0 Å². The third-order valence-electron chi connectivity index (χ3n) is 6.38. The first-order chi connectivity index (χ1) is 16.8. The van der Waals surface area contributed by atoms with Crippen LogP contribution in [0.15, 0.2) is 125 Å². The van der Waals surface area contributed by atoms with Gasteiger partial charge in [0.25, 0.3) is 0 Å². The molecular formula is C32H23NO. The van der Waals surface area contributed by atoms with Crippen LogP contribution in [0, 0.1) is 0 Å². The van der Waals surface area contributed by atoms with E-state index in [-0.39, 0.29) is 0 Å². The molecule has 0 bridgehead atoms. The van der Waals surface area contributed by atoms with Crippen LogP contribution in [-0.2, 0) is 6.54 Å². The lowest BCUT2D eigenvalue weighted by Gasteiger charge is -2.07. The van der Waals surface area contributed by atoms with Crippen LogP contribution in [0.1, 0.15) is 5.56 Å². The van der Waals surface area contributed by atoms with E-state index in [1.165, 1.54) is 33.4 Å². The minimum absolute atomic E-state index is 0.630. The average Bonchev–Trinajstić information content (AvgIpc) is 3.28. The first-order valence-corrected chi connectivity index (χ1v) is 11.4. The molecular weight excluding hydrogens is 414 g/mol. The lowest BCUT2D eigenvalue weighted by Crippen LogP contribution is -1.84. The molecule has 0 fully saturated rings. The number of fused-ring (bicyclic) bond motifs is 3. The molecule has 0 radical (unpaired) electrons. The van der Waals surface area contributed by atoms with Crippen LogP contribution in [0.2, 0.25) is 0 Å². The molecule has 2 nitrogen and oxygen atoms in total. The topological polar surface area (TPSA) is 25.5 Å². The summed E-state index contributed by atoms with van der Waals surface area (Å²) in [4.78, 5) is 3.99. The lowest BCUT2D eigenvalue weighted by molar-refractivity contribution is 0.669. The molecule has 34 heavy (non-hydrogen) atoms. The van der Waals surface area contributed by atoms with E-state index in [4.69, 9.17) is 4.42 Å². The normalized spacial score (nSPS) is 11.2. The molecule has 0 aliphatic heterocycles. The van der Waals surface area contributed by atoms with E-state index in [9.17, 15) is 0 Å². The van der Waals surface area contributed by atoms with Crippen molar-refractivity contribution in [1.29, 1.82) is 0 Å². The molecule has 5 aromatic carbocycles. The number of furan rings is 1. The number of aliphatic imine (C=N–C) groups is 1. The molecule has 1 aromatic heterocycles. The molecule has 0 aliphatic rings. The molecule has 0 saturated carbocycles. The van der Waals surface area contributed by atoms with Crippen molar-refractivity contribution >= 4 is 28.7 Å². The molecule has 162 valence electrons. The van der Waals surface area contributed by atoms with Gasteiger partial charge in [0.05, 0.1) is 6.54 Å². The van der Waals surface area contributed by atoms with Gasteiger partial charge >= 0.3 is 0 Å². The monoisotopic (exact) mass is 437 g/mol. The van der Waals surface area contributed by atoms with Gasteiger partial charge in [-0.05, 0) is 63.9 Å². The Morgan fingerprint density at radius 3 is 1.94 bits per heavy atom. The Morgan fingerprint density at radius 2 is 1.21 bits per heavy atom. The van der Waals surface area contributed by atoms with Gasteiger partial charge in [-0.3, -0.25) is 4.99 Å². The zero-order valence-corrected chi connectivity index (χ0v) is 18.7. The summed E-state index contributed by atoms with van der Waals surface area (Å²) in [5.74, 6) is 0. The molecule has 0 unspecified atom stereocenters. The Labute approximate surface area is 198 Å². The van der Waals surface area contributed by atoms with Gasteiger partial charge in [-0.1, -0.05) is 97.1 Å². The van der Waals surface area contributed by atoms with E-state index in [0.29, 0.717) is 6.54 Å². The van der Waals surface area contributed by atoms with Gasteiger partial charge in [0, 0.05) is 10.8 Å². The van der Waals surface area contributed by atoms with Crippen LogP contribution >= 0.6 is 0 Å². The Bertz CT molecular complexity index is 1610. The van der Waals surface area contributed by atoms with Crippen molar-refractivity contribution in [1.82, 2.24) is 0 Å². The second-order valence-corrected chi connectivity index (χ2v) is 8.51. The highest BCUT2D eigenvalue weighted by Crippen LogP contribution is 2.38. The molecule has 1 heterocycles. The summed E-state index contributed by atoms with van der Waals surface area (Å²) in [6.07, 6.45) is 0. The van der Waals surface area contributed by atoms with Gasteiger partial charge in [-0.25, -0.2) is 0 Å². The summed E-state index contributed by atoms with van der Waals surface area (Å²) in [6, 6.07) is 40.5. The van der Waals surface area contributed by atoms with Crippen molar-refractivity contribution in [3.63, 3.8) is 0 Å². The Balaban J connectivity index is 1.45. The van der Waals surface area contributed by atoms with E-state index < -0.39 is 0 Å². The highest BCUT2D eigenvalue weighted by molar-refractivity contribution is 6.13. The largest absolute Gasteiger partial charge is 0.456 e. The third kappa shape index (κ3) is 3.60. The van der Waals surface area contributed by atoms with E-state index in [1.54, 1.807) is 0 Å². The van der Waals surface area contributed by atoms with Gasteiger partial charge in [0.2, 0.25) is 0 Å². The van der Waals surface area contributed by atoms with Crippen molar-refractivity contribution in [2.75, 3.05) is 0 Å². The van der Waals surface area contributed by atoms with Crippen molar-refractivity contribution in [3.8, 4) is 33.4 Å². The maximum atomic E-state index is 6.22. The Hall–Kier alpha value is -4.43. The first-order valence-electron chi connectivity index (χ1n) is 11.4. The van der Waals surface area contributed by atoms with Crippen LogP contribution in [0.3, 0.4) is 0 Å². The highest BCUT2D eigenvalue weighted by Gasteiger charge is 2.13. The quantitative estimate of drug-likeness (QED) is 0.247. The van der Waals surface area contributed by atoms with Crippen LogP contribution in [0.5, 0.6) is 0 Å². The SMILES string of the molecule is C=NCc1ccc(-c2cccc3oc4ccc(-c5ccc(-c6ccccc6)cc5)cc4c23)cc1. The van der Waals surface area contributed by atoms with Gasteiger partial charge in [-0.15, -0.1) is 0 Å². The van der Waals surface area contributed by atoms with E-state index >= 15 is 0 Å². The van der Waals surface area contributed by atoms with E-state index in [1.807, 2.05) is 12.1 Å². The predicted octanol–water partition coefficient (Wildman–Crippen LogP) is 8.79. The number of hydrogen-bond acceptors (Lipinski definition) is 2. The molecule has 2 heteroatoms. The molecule has 0 saturated heterocycles. The van der Waals surface area contributed by atoms with Gasteiger partial charge in [-0.2, -0.15) is 0 Å². The van der Waals surface area contributed by atoms with Gasteiger partial charge < -0.3 is 4.42 Å². The Kier molecular flexibility index (Phi) is 5.04. The maximum absolute atomic E-state index is 6.22. The van der Waals surface area contributed by atoms with Crippen LogP contribution in [0.25, 0.3) is 55.3 Å². The van der Waals surface area contributed by atoms with E-state index in [0.717, 1.165) is 27.5 Å². The maximum Gasteiger partial charge on any atom is 0.136 e. The minimum atomic E-state index is 0.630. The second-order valence-electron chi connectivity index (χ2n) is 8.51. The molecule has 6 rings (SSSR count). The highest BCUT2D eigenvalue weighted by atomic mass is 16.3. The summed E-state index contributed by atoms with van der Waals surface area (Å²) in [5, 5.41) is 2.28. The summed E-state index contributed by atoms with van der Waals surface area (Å²) in [5.41, 5.74) is 10.1. The zero-order chi connectivity index (χ0) is 22.9. The number of benzene rings is 5. The lowest BCUT2D eigenvalue weighted by atomic mass is 9.96. The first kappa shape index (κ1) is 20.2. The summed E-state index contributed by atoms with van der Waals surface area (Å²) >= 11 is 0. The molecule has 0 N–H and O–H groups in total. The van der Waals surface area contributed by atoms with E-state index in [2.05, 4.69) is 115 Å². The third-order valence-corrected chi connectivity index (χ3v) is 6.38. The zero-order valence-electron chi connectivity index (χ0n) is 18.7. The fourth-order valence-electron chi connectivity index (χ4n) is 4.65. The Morgan fingerprint density at radius 1 is 0.559 bits per heavy atom. The molecule has 0 amide bonds. The molecule has 0 atom stereocenters. The molecule has 0 spiro atoms. The van der Waals surface area contributed by atoms with Gasteiger partial charge in [0.1, 0.15) is 11.2 Å². The smallest absolute Gasteiger partial charge is 0.136 e. The average molecular weight is 438 g/mol. The number of nitrogens with zero attached hydrogens (tertiary/aromatic N) is 1. The second kappa shape index (κ2) is 8.49. The fourth-order valence-corrected chi connectivity index (χ4v) is 4.65. The summed E-state index contributed by atoms with van der Waals surface area (Å²) < 4.78 is 6.22. The van der Waals surface area contributed by atoms with Crippen molar-refractivity contribution in [3.05, 3.63) is 121 Å². The number of hydrogen-bond donors (Lipinski definition) is 0. The number of rotatable bonds is 5. The van der Waals surface area contributed by atoms with Crippen molar-refractivity contribution < 1.29 is 4.42 Å². The summed E-state index contributed by atoms with van der Waals surface area (Å²) in [6.45, 7) is 4.23. The molecule has 0 aliphatic carbocycles. The van der Waals surface area contributed by atoms with Crippen molar-refractivity contribution in [2.24, 2.45) is 4.99 Å². The van der Waals surface area contributed by atoms with Crippen LogP contribution in [-0.4, -0.2) is 6.72 Å². The molecule has 6 aromatic rings. The summed E-state index contributed by atoms with van der Waals surface area (Å²) in [7, 11) is 0. The van der Waals surface area contributed by atoms with Crippen LogP contribution in [0.4, 0.5) is 0 Å². The fraction of sp³-hybridized carbons (Fsp3) is 0.0312. The minimum Gasteiger partial charge on any atom is -0.456 e.